The predicted octanol–water partition coefficient (Wildman–Crippen LogP) is 1.11. The van der Waals surface area contributed by atoms with Crippen molar-refractivity contribution in [2.45, 2.75) is 89.1 Å². The van der Waals surface area contributed by atoms with Crippen LogP contribution in [0.15, 0.2) is 44.4 Å². The van der Waals surface area contributed by atoms with Crippen molar-refractivity contribution in [3.8, 4) is 5.75 Å². The highest BCUT2D eigenvalue weighted by Crippen LogP contribution is 2.49. The Morgan fingerprint density at radius 2 is 1.98 bits per heavy atom. The number of carboxylic acid groups (broad SMARTS) is 1. The van der Waals surface area contributed by atoms with Gasteiger partial charge in [-0.1, -0.05) is 5.16 Å². The molecule has 20 heteroatoms. The van der Waals surface area contributed by atoms with E-state index in [1.165, 1.54) is 32.1 Å². The van der Waals surface area contributed by atoms with Crippen LogP contribution in [0.5, 0.6) is 5.75 Å². The van der Waals surface area contributed by atoms with Gasteiger partial charge in [0, 0.05) is 16.8 Å². The number of amidine groups is 1. The van der Waals surface area contributed by atoms with Gasteiger partial charge >= 0.3 is 10.4 Å². The Hall–Kier alpha value is -4.08. The number of fused-ring (bicyclic) bond motifs is 1. The summed E-state index contributed by atoms with van der Waals surface area (Å²) < 4.78 is 42.0. The average Bonchev–Trinajstić information content (AvgIpc) is 3.09. The highest BCUT2D eigenvalue weighted by molar-refractivity contribution is 8.02. The Kier molecular flexibility index (Phi) is 13.4. The zero-order chi connectivity index (χ0) is 38.3. The summed E-state index contributed by atoms with van der Waals surface area (Å²) in [6.45, 7) is 10.0. The summed E-state index contributed by atoms with van der Waals surface area (Å²) in [6, 6.07) is 4.83. The number of carbonyl (C=O) groups is 3. The zero-order valence-corrected chi connectivity index (χ0v) is 30.8. The van der Waals surface area contributed by atoms with Gasteiger partial charge in [0.15, 0.2) is 11.8 Å². The molecule has 3 fully saturated rings. The van der Waals surface area contributed by atoms with E-state index >= 15 is 0 Å². The molecule has 286 valence electrons. The van der Waals surface area contributed by atoms with E-state index in [4.69, 9.17) is 40.5 Å². The summed E-state index contributed by atoms with van der Waals surface area (Å²) in [5.41, 5.74) is 12.7. The second kappa shape index (κ2) is 17.2. The lowest BCUT2D eigenvalue weighted by molar-refractivity contribution is -0.218. The molecule has 4 aliphatic rings. The van der Waals surface area contributed by atoms with E-state index in [9.17, 15) is 18.0 Å². The van der Waals surface area contributed by atoms with E-state index in [-0.39, 0.29) is 29.8 Å². The Balaban J connectivity index is 0.00000195. The number of nitrogens with two attached hydrogens (primary N) is 2. The minimum Gasteiger partial charge on any atom is -0.486 e. The lowest BCUT2D eigenvalue weighted by Gasteiger charge is -2.50. The number of β-lactam (4-membered cyclic amide) rings is 1. The minimum absolute atomic E-state index is 0.0327. The van der Waals surface area contributed by atoms with Crippen molar-refractivity contribution in [1.82, 2.24) is 15.7 Å². The molecule has 1 spiro atoms. The fourth-order valence-corrected chi connectivity index (χ4v) is 7.58. The quantitative estimate of drug-likeness (QED) is 0.0312. The first kappa shape index (κ1) is 40.7. The summed E-state index contributed by atoms with van der Waals surface area (Å²) >= 11 is 1.13. The number of thioether (sulfide) groups is 1. The van der Waals surface area contributed by atoms with Crippen LogP contribution in [0, 0.1) is 5.41 Å². The molecule has 8 N–H and O–H groups in total. The van der Waals surface area contributed by atoms with Crippen molar-refractivity contribution >= 4 is 58.7 Å². The third kappa shape index (κ3) is 9.66. The molecule has 2 amide bonds. The molecule has 2 saturated heterocycles. The van der Waals surface area contributed by atoms with Crippen molar-refractivity contribution in [3.05, 3.63) is 40.4 Å². The Labute approximate surface area is 306 Å². The molecule has 1 aromatic carbocycles. The SMILES string of the molecule is C=NC(=C\SCN)/C(=N/OC(C)C1CCc2cc(C(N)=NC3CC4(CCNCC4)C3)ccc2O1)C(=O)NC1C(=O)N(OS(=O)(=O)O)C1(C)C.O=CO. The number of nitrogens with one attached hydrogen (secondary N) is 2. The molecule has 3 heterocycles. The minimum atomic E-state index is -4.97. The van der Waals surface area contributed by atoms with Crippen LogP contribution < -0.4 is 26.8 Å². The number of hydrogen-bond acceptors (Lipinski definition) is 14. The maximum absolute atomic E-state index is 13.4. The average molecular weight is 767 g/mol. The largest absolute Gasteiger partial charge is 0.486 e. The first-order valence-electron chi connectivity index (χ1n) is 16.5. The number of oxime groups is 1. The first-order valence-corrected chi connectivity index (χ1v) is 19.0. The third-order valence-corrected chi connectivity index (χ3v) is 10.4. The normalized spacial score (nSPS) is 23.4. The zero-order valence-electron chi connectivity index (χ0n) is 29.2. The number of rotatable bonds is 13. The number of benzene rings is 1. The van der Waals surface area contributed by atoms with Crippen LogP contribution in [0.2, 0.25) is 0 Å². The molecule has 1 aliphatic carbocycles. The van der Waals surface area contributed by atoms with Gasteiger partial charge in [0.05, 0.1) is 11.6 Å². The van der Waals surface area contributed by atoms with Gasteiger partial charge in [0.1, 0.15) is 29.4 Å². The molecule has 3 unspecified atom stereocenters. The first-order chi connectivity index (χ1) is 24.6. The third-order valence-electron chi connectivity index (χ3n) is 9.53. The molecule has 0 aromatic heterocycles. The molecular weight excluding hydrogens is 721 g/mol. The lowest BCUT2D eigenvalue weighted by atomic mass is 9.61. The van der Waals surface area contributed by atoms with Crippen LogP contribution in [-0.4, -0.2) is 108 Å². The molecule has 0 bridgehead atoms. The van der Waals surface area contributed by atoms with Gasteiger partial charge in [-0.25, -0.2) is 0 Å². The predicted molar refractivity (Wildman–Crippen MR) is 194 cm³/mol. The van der Waals surface area contributed by atoms with Crippen LogP contribution in [0.3, 0.4) is 0 Å². The Morgan fingerprint density at radius 3 is 2.58 bits per heavy atom. The molecule has 3 atom stereocenters. The molecule has 0 radical (unpaired) electrons. The number of piperidine rings is 1. The maximum atomic E-state index is 13.4. The Morgan fingerprint density at radius 1 is 1.31 bits per heavy atom. The lowest BCUT2D eigenvalue weighted by Crippen LogP contribution is -2.76. The summed E-state index contributed by atoms with van der Waals surface area (Å²) in [5.74, 6) is -0.353. The number of hydrogen-bond donors (Lipinski definition) is 6. The van der Waals surface area contributed by atoms with Gasteiger partial charge in [0.25, 0.3) is 18.3 Å². The summed E-state index contributed by atoms with van der Waals surface area (Å²) in [7, 11) is -4.97. The number of aryl methyl sites for hydroxylation is 1. The van der Waals surface area contributed by atoms with Crippen molar-refractivity contribution in [2.75, 3.05) is 19.0 Å². The molecule has 52 heavy (non-hydrogen) atoms. The van der Waals surface area contributed by atoms with Gasteiger partial charge in [-0.15, -0.1) is 16.0 Å². The van der Waals surface area contributed by atoms with Crippen LogP contribution in [0.1, 0.15) is 64.0 Å². The van der Waals surface area contributed by atoms with Gasteiger partial charge in [-0.05, 0) is 108 Å². The summed E-state index contributed by atoms with van der Waals surface area (Å²) in [4.78, 5) is 48.9. The number of amides is 2. The smallest absolute Gasteiger partial charge is 0.418 e. The number of hydroxylamine groups is 2. The monoisotopic (exact) mass is 766 g/mol. The van der Waals surface area contributed by atoms with Crippen molar-refractivity contribution in [3.63, 3.8) is 0 Å². The van der Waals surface area contributed by atoms with Gasteiger partial charge in [0.2, 0.25) is 0 Å². The molecule has 1 saturated carbocycles. The molecule has 1 aromatic rings. The molecular formula is C32H46N8O10S2. The second-order valence-corrected chi connectivity index (χ2v) is 15.3. The van der Waals surface area contributed by atoms with E-state index < -0.39 is 46.0 Å². The van der Waals surface area contributed by atoms with E-state index in [2.05, 4.69) is 31.8 Å². The molecule has 18 nitrogen and oxygen atoms in total. The highest BCUT2D eigenvalue weighted by atomic mass is 32.3. The Bertz CT molecular complexity index is 1700. The van der Waals surface area contributed by atoms with E-state index in [1.54, 1.807) is 6.92 Å². The number of carbonyl (C=O) groups excluding carboxylic acids is 2. The van der Waals surface area contributed by atoms with Crippen molar-refractivity contribution in [1.29, 1.82) is 0 Å². The number of aliphatic imine (C=N–C) groups is 2. The van der Waals surface area contributed by atoms with Gasteiger partial charge < -0.3 is 36.8 Å². The van der Waals surface area contributed by atoms with E-state index in [0.717, 1.165) is 48.8 Å². The van der Waals surface area contributed by atoms with E-state index in [0.29, 0.717) is 34.9 Å². The van der Waals surface area contributed by atoms with Crippen LogP contribution in [0.4, 0.5) is 0 Å². The second-order valence-electron chi connectivity index (χ2n) is 13.4. The fraction of sp³-hybridized carbons (Fsp3) is 0.562. The van der Waals surface area contributed by atoms with E-state index in [1.807, 2.05) is 18.2 Å². The summed E-state index contributed by atoms with van der Waals surface area (Å²) in [6.07, 6.45) is 4.84. The fourth-order valence-electron chi connectivity index (χ4n) is 6.69. The van der Waals surface area contributed by atoms with Crippen molar-refractivity contribution < 1.29 is 46.3 Å². The van der Waals surface area contributed by atoms with Gasteiger partial charge in [-0.3, -0.25) is 28.9 Å². The number of ether oxygens (including phenoxy) is 1. The van der Waals surface area contributed by atoms with Crippen molar-refractivity contribution in [2.24, 2.45) is 32.0 Å². The van der Waals surface area contributed by atoms with Crippen LogP contribution >= 0.6 is 11.8 Å². The molecule has 3 aliphatic heterocycles. The van der Waals surface area contributed by atoms with Crippen LogP contribution in [-0.2, 0) is 40.3 Å². The molecule has 5 rings (SSSR count). The topological polar surface area (TPSA) is 270 Å². The standard InChI is InChI=1S/C31H44N8O8S2.CH2O2/c1-18(23-7-5-19-13-20(6-8-24(19)45-23)27(33)36-21-14-31(15-21)9-11-35-12-10-31)46-38-25(22(34-4)16-48-17-32)28(40)37-26-29(41)39(30(26,2)3)47-49(42,43)44;2-1-3/h6,8,13,16,18,21,23,26,35H,4-5,7,9-12,14-15,17,32H2,1-3H3,(H2,33,36)(H,37,40)(H,42,43,44);1H,(H,2,3)/b22-16-,38-25-;. The summed E-state index contributed by atoms with van der Waals surface area (Å²) in [5, 5.41) is 18.8. The van der Waals surface area contributed by atoms with Gasteiger partial charge in [-0.2, -0.15) is 13.5 Å². The highest BCUT2D eigenvalue weighted by Gasteiger charge is 2.58. The maximum Gasteiger partial charge on any atom is 0.418 e. The number of nitrogens with zero attached hydrogens (tertiary/aromatic N) is 4. The van der Waals surface area contributed by atoms with Crippen LogP contribution in [0.25, 0.3) is 0 Å².